The molecule has 4 aliphatic carbocycles. The Morgan fingerprint density at radius 2 is 1.73 bits per heavy atom. The van der Waals surface area contributed by atoms with Gasteiger partial charge in [-0.2, -0.15) is 0 Å². The fourth-order valence-electron chi connectivity index (χ4n) is 7.20. The Kier molecular flexibility index (Phi) is 3.16. The second-order valence-electron chi connectivity index (χ2n) is 9.78. The van der Waals surface area contributed by atoms with E-state index in [0.717, 1.165) is 43.9 Å². The highest BCUT2D eigenvalue weighted by molar-refractivity contribution is 5.87. The zero-order chi connectivity index (χ0) is 15.8. The number of hydrogen-bond acceptors (Lipinski definition) is 2. The van der Waals surface area contributed by atoms with Gasteiger partial charge in [-0.05, 0) is 87.4 Å². The van der Waals surface area contributed by atoms with Gasteiger partial charge in [-0.15, -0.1) is 0 Å². The van der Waals surface area contributed by atoms with Crippen molar-refractivity contribution in [1.82, 2.24) is 0 Å². The molecule has 0 aromatic heterocycles. The lowest BCUT2D eigenvalue weighted by molar-refractivity contribution is -0.151. The van der Waals surface area contributed by atoms with Gasteiger partial charge in [0.2, 0.25) is 0 Å². The molecule has 124 valence electrons. The lowest BCUT2D eigenvalue weighted by Gasteiger charge is -2.61. The fourth-order valence-corrected chi connectivity index (χ4v) is 7.20. The molecule has 1 N–H and O–H groups in total. The SMILES string of the molecule is C[C@@]1(O)CC[C@@]2(C)[C@@H](CCC3[C@@H]2CC[C@]2(C)C(=O)CC[C@@H]32)C1. The van der Waals surface area contributed by atoms with Crippen molar-refractivity contribution in [2.45, 2.75) is 84.2 Å². The molecule has 0 amide bonds. The van der Waals surface area contributed by atoms with Crippen LogP contribution in [0.25, 0.3) is 0 Å². The predicted octanol–water partition coefficient (Wildman–Crippen LogP) is 4.35. The quantitative estimate of drug-likeness (QED) is 0.722. The van der Waals surface area contributed by atoms with Crippen molar-refractivity contribution in [3.8, 4) is 0 Å². The number of ketones is 1. The summed E-state index contributed by atoms with van der Waals surface area (Å²) in [5.74, 6) is 3.47. The van der Waals surface area contributed by atoms with Gasteiger partial charge < -0.3 is 5.11 Å². The topological polar surface area (TPSA) is 37.3 Å². The molecule has 0 aliphatic heterocycles. The van der Waals surface area contributed by atoms with E-state index in [4.69, 9.17) is 0 Å². The van der Waals surface area contributed by atoms with Crippen LogP contribution in [0, 0.1) is 34.5 Å². The van der Waals surface area contributed by atoms with Crippen LogP contribution in [0.2, 0.25) is 0 Å². The van der Waals surface area contributed by atoms with Gasteiger partial charge in [0.25, 0.3) is 0 Å². The summed E-state index contributed by atoms with van der Waals surface area (Å²) in [4.78, 5) is 12.4. The van der Waals surface area contributed by atoms with Crippen LogP contribution in [0.15, 0.2) is 0 Å². The number of Topliss-reactive ketones (excluding diaryl/α,β-unsaturated/α-hetero) is 1. The molecule has 0 heterocycles. The number of fused-ring (bicyclic) bond motifs is 5. The second kappa shape index (κ2) is 4.59. The monoisotopic (exact) mass is 304 g/mol. The first-order chi connectivity index (χ1) is 10.3. The third-order valence-electron chi connectivity index (χ3n) is 8.66. The Bertz CT molecular complexity index is 496. The average Bonchev–Trinajstić information content (AvgIpc) is 2.76. The van der Waals surface area contributed by atoms with E-state index < -0.39 is 5.60 Å². The van der Waals surface area contributed by atoms with Gasteiger partial charge in [0.1, 0.15) is 5.78 Å². The van der Waals surface area contributed by atoms with Crippen molar-refractivity contribution in [2.75, 3.05) is 0 Å². The highest BCUT2D eigenvalue weighted by atomic mass is 16.3. The van der Waals surface area contributed by atoms with Gasteiger partial charge >= 0.3 is 0 Å². The second-order valence-corrected chi connectivity index (χ2v) is 9.78. The Hall–Kier alpha value is -0.370. The Labute approximate surface area is 135 Å². The van der Waals surface area contributed by atoms with E-state index >= 15 is 0 Å². The van der Waals surface area contributed by atoms with Gasteiger partial charge in [-0.25, -0.2) is 0 Å². The maximum absolute atomic E-state index is 12.4. The number of carbonyl (C=O) groups excluding carboxylic acids is 1. The fraction of sp³-hybridized carbons (Fsp3) is 0.950. The summed E-state index contributed by atoms with van der Waals surface area (Å²) >= 11 is 0. The van der Waals surface area contributed by atoms with Crippen LogP contribution in [0.5, 0.6) is 0 Å². The van der Waals surface area contributed by atoms with Crippen molar-refractivity contribution in [2.24, 2.45) is 34.5 Å². The molecule has 2 nitrogen and oxygen atoms in total. The third kappa shape index (κ3) is 1.92. The van der Waals surface area contributed by atoms with Gasteiger partial charge in [0, 0.05) is 11.8 Å². The van der Waals surface area contributed by atoms with Crippen molar-refractivity contribution in [3.63, 3.8) is 0 Å². The molecule has 0 saturated heterocycles. The first kappa shape index (κ1) is 15.2. The lowest BCUT2D eigenvalue weighted by atomic mass is 9.44. The lowest BCUT2D eigenvalue weighted by Crippen LogP contribution is -2.55. The molecule has 4 rings (SSSR count). The molecule has 0 aromatic rings. The maximum atomic E-state index is 12.4. The van der Waals surface area contributed by atoms with Gasteiger partial charge in [-0.3, -0.25) is 4.79 Å². The molecular formula is C20H32O2. The highest BCUT2D eigenvalue weighted by Gasteiger charge is 2.60. The Morgan fingerprint density at radius 3 is 2.50 bits per heavy atom. The van der Waals surface area contributed by atoms with Gasteiger partial charge in [0.15, 0.2) is 0 Å². The molecule has 0 radical (unpaired) electrons. The van der Waals surface area contributed by atoms with Gasteiger partial charge in [-0.1, -0.05) is 13.8 Å². The molecular weight excluding hydrogens is 272 g/mol. The van der Waals surface area contributed by atoms with E-state index in [1.165, 1.54) is 25.7 Å². The van der Waals surface area contributed by atoms with Crippen molar-refractivity contribution < 1.29 is 9.90 Å². The van der Waals surface area contributed by atoms with Crippen LogP contribution in [0.1, 0.15) is 78.6 Å². The maximum Gasteiger partial charge on any atom is 0.139 e. The minimum atomic E-state index is -0.441. The Balaban J connectivity index is 1.63. The summed E-state index contributed by atoms with van der Waals surface area (Å²) in [6.07, 6.45) is 10.1. The summed E-state index contributed by atoms with van der Waals surface area (Å²) < 4.78 is 0. The summed E-state index contributed by atoms with van der Waals surface area (Å²) in [6.45, 7) is 6.82. The van der Waals surface area contributed by atoms with Crippen molar-refractivity contribution in [3.05, 3.63) is 0 Å². The predicted molar refractivity (Wildman–Crippen MR) is 87.4 cm³/mol. The van der Waals surface area contributed by atoms with Crippen molar-refractivity contribution in [1.29, 1.82) is 0 Å². The highest BCUT2D eigenvalue weighted by Crippen LogP contribution is 2.66. The molecule has 4 fully saturated rings. The average molecular weight is 304 g/mol. The van der Waals surface area contributed by atoms with E-state index in [0.29, 0.717) is 23.0 Å². The number of aliphatic hydroxyl groups is 1. The van der Waals surface area contributed by atoms with E-state index in [9.17, 15) is 9.90 Å². The Morgan fingerprint density at radius 1 is 0.955 bits per heavy atom. The zero-order valence-corrected chi connectivity index (χ0v) is 14.5. The number of hydrogen-bond donors (Lipinski definition) is 1. The summed E-state index contributed by atoms with van der Waals surface area (Å²) in [7, 11) is 0. The standard InChI is InChI=1S/C20H32O2/c1-18(22)10-11-19(2)13(12-18)4-5-14-15-6-7-17(21)20(15,3)9-8-16(14)19/h13-16,22H,4-12H2,1-3H3/t13-,14?,15-,16-,18+,19-,20-/m0/s1. The van der Waals surface area contributed by atoms with Crippen LogP contribution in [0.4, 0.5) is 0 Å². The molecule has 0 spiro atoms. The molecule has 2 heteroatoms. The number of carbonyl (C=O) groups is 1. The largest absolute Gasteiger partial charge is 0.390 e. The zero-order valence-electron chi connectivity index (χ0n) is 14.5. The molecule has 7 atom stereocenters. The third-order valence-corrected chi connectivity index (χ3v) is 8.66. The molecule has 22 heavy (non-hydrogen) atoms. The van der Waals surface area contributed by atoms with E-state index in [1.807, 2.05) is 6.92 Å². The van der Waals surface area contributed by atoms with E-state index in [-0.39, 0.29) is 5.41 Å². The summed E-state index contributed by atoms with van der Waals surface area (Å²) in [6, 6.07) is 0. The smallest absolute Gasteiger partial charge is 0.139 e. The van der Waals surface area contributed by atoms with Crippen LogP contribution in [0.3, 0.4) is 0 Å². The van der Waals surface area contributed by atoms with Gasteiger partial charge in [0.05, 0.1) is 5.60 Å². The van der Waals surface area contributed by atoms with Crippen LogP contribution in [-0.2, 0) is 4.79 Å². The van der Waals surface area contributed by atoms with Crippen LogP contribution < -0.4 is 0 Å². The molecule has 4 saturated carbocycles. The van der Waals surface area contributed by atoms with Crippen molar-refractivity contribution >= 4 is 5.78 Å². The number of rotatable bonds is 0. The van der Waals surface area contributed by atoms with E-state index in [2.05, 4.69) is 13.8 Å². The van der Waals surface area contributed by atoms with Crippen LogP contribution >= 0.6 is 0 Å². The first-order valence-electron chi connectivity index (χ1n) is 9.52. The van der Waals surface area contributed by atoms with Crippen LogP contribution in [-0.4, -0.2) is 16.5 Å². The molecule has 0 bridgehead atoms. The molecule has 0 aromatic carbocycles. The first-order valence-corrected chi connectivity index (χ1v) is 9.52. The summed E-state index contributed by atoms with van der Waals surface area (Å²) in [5.41, 5.74) is -0.0217. The minimum absolute atomic E-state index is 0.00449. The normalized spacial score (nSPS) is 57.9. The molecule has 1 unspecified atom stereocenters. The molecule has 4 aliphatic rings. The van der Waals surface area contributed by atoms with E-state index in [1.54, 1.807) is 0 Å². The summed E-state index contributed by atoms with van der Waals surface area (Å²) in [5, 5.41) is 10.5. The minimum Gasteiger partial charge on any atom is -0.390 e.